The smallest absolute Gasteiger partial charge is 0.188 e. The molecule has 0 bridgehead atoms. The van der Waals surface area contributed by atoms with Crippen LogP contribution in [0.25, 0.3) is 0 Å². The van der Waals surface area contributed by atoms with Gasteiger partial charge in [-0.25, -0.2) is 0 Å². The largest absolute Gasteiger partial charge is 0.374 e. The minimum Gasteiger partial charge on any atom is -0.374 e. The SMILES string of the molecule is I.NC(=NCC1CCC1)NCC1CN(C2CC2)CCO1. The molecule has 0 aromatic rings. The number of nitrogens with one attached hydrogen (secondary N) is 1. The Bertz CT molecular complexity index is 331. The molecule has 116 valence electrons. The molecule has 0 radical (unpaired) electrons. The van der Waals surface area contributed by atoms with Crippen LogP contribution in [0.5, 0.6) is 0 Å². The molecule has 1 saturated heterocycles. The summed E-state index contributed by atoms with van der Waals surface area (Å²) in [6, 6.07) is 0.830. The van der Waals surface area contributed by atoms with E-state index in [1.54, 1.807) is 0 Å². The number of morpholine rings is 1. The lowest BCUT2D eigenvalue weighted by molar-refractivity contribution is -0.0281. The normalized spacial score (nSPS) is 28.6. The van der Waals surface area contributed by atoms with E-state index in [-0.39, 0.29) is 30.1 Å². The Hall–Kier alpha value is -0.0800. The van der Waals surface area contributed by atoms with Gasteiger partial charge in [-0.15, -0.1) is 24.0 Å². The summed E-state index contributed by atoms with van der Waals surface area (Å²) in [5.41, 5.74) is 5.89. The van der Waals surface area contributed by atoms with E-state index < -0.39 is 0 Å². The van der Waals surface area contributed by atoms with Crippen molar-refractivity contribution in [1.29, 1.82) is 0 Å². The maximum Gasteiger partial charge on any atom is 0.188 e. The quantitative estimate of drug-likeness (QED) is 0.418. The van der Waals surface area contributed by atoms with Crippen LogP contribution in [0.4, 0.5) is 0 Å². The van der Waals surface area contributed by atoms with Gasteiger partial charge in [0.05, 0.1) is 12.7 Å². The summed E-state index contributed by atoms with van der Waals surface area (Å²) in [5.74, 6) is 1.36. The van der Waals surface area contributed by atoms with Gasteiger partial charge in [0.15, 0.2) is 5.96 Å². The topological polar surface area (TPSA) is 62.9 Å². The van der Waals surface area contributed by atoms with Gasteiger partial charge in [-0.3, -0.25) is 9.89 Å². The van der Waals surface area contributed by atoms with Crippen molar-refractivity contribution in [2.75, 3.05) is 32.8 Å². The van der Waals surface area contributed by atoms with Crippen LogP contribution in [0.2, 0.25) is 0 Å². The van der Waals surface area contributed by atoms with E-state index in [1.807, 2.05) is 0 Å². The fraction of sp³-hybridized carbons (Fsp3) is 0.929. The molecule has 1 atom stereocenters. The number of nitrogens with zero attached hydrogens (tertiary/aromatic N) is 2. The third-order valence-corrected chi connectivity index (χ3v) is 4.49. The molecule has 6 heteroatoms. The van der Waals surface area contributed by atoms with Crippen molar-refractivity contribution in [2.45, 2.75) is 44.2 Å². The highest BCUT2D eigenvalue weighted by Gasteiger charge is 2.32. The molecule has 5 nitrogen and oxygen atoms in total. The highest BCUT2D eigenvalue weighted by Crippen LogP contribution is 2.28. The lowest BCUT2D eigenvalue weighted by atomic mass is 9.86. The number of rotatable bonds is 5. The molecule has 1 unspecified atom stereocenters. The fourth-order valence-electron chi connectivity index (χ4n) is 2.81. The van der Waals surface area contributed by atoms with Crippen LogP contribution in [0.15, 0.2) is 4.99 Å². The van der Waals surface area contributed by atoms with E-state index in [0.717, 1.165) is 44.7 Å². The summed E-state index contributed by atoms with van der Waals surface area (Å²) < 4.78 is 5.78. The third kappa shape index (κ3) is 4.73. The predicted octanol–water partition coefficient (Wildman–Crippen LogP) is 1.17. The van der Waals surface area contributed by atoms with Crippen LogP contribution < -0.4 is 11.1 Å². The van der Waals surface area contributed by atoms with Gasteiger partial charge in [-0.1, -0.05) is 6.42 Å². The molecule has 3 fully saturated rings. The van der Waals surface area contributed by atoms with Gasteiger partial charge >= 0.3 is 0 Å². The summed E-state index contributed by atoms with van der Waals surface area (Å²) >= 11 is 0. The number of aliphatic imine (C=N–C) groups is 1. The second-order valence-corrected chi connectivity index (χ2v) is 6.12. The van der Waals surface area contributed by atoms with Crippen molar-refractivity contribution in [3.05, 3.63) is 0 Å². The van der Waals surface area contributed by atoms with E-state index >= 15 is 0 Å². The van der Waals surface area contributed by atoms with Gasteiger partial charge in [-0.05, 0) is 31.6 Å². The van der Waals surface area contributed by atoms with Gasteiger partial charge in [0.25, 0.3) is 0 Å². The summed E-state index contributed by atoms with van der Waals surface area (Å²) in [6.45, 7) is 4.64. The van der Waals surface area contributed by atoms with Gasteiger partial charge in [0.2, 0.25) is 0 Å². The number of ether oxygens (including phenoxy) is 1. The first-order valence-corrected chi connectivity index (χ1v) is 7.70. The van der Waals surface area contributed by atoms with Crippen LogP contribution in [0, 0.1) is 5.92 Å². The van der Waals surface area contributed by atoms with Crippen LogP contribution in [0.1, 0.15) is 32.1 Å². The van der Waals surface area contributed by atoms with Crippen molar-refractivity contribution < 1.29 is 4.74 Å². The molecule has 3 aliphatic rings. The van der Waals surface area contributed by atoms with Crippen LogP contribution in [0.3, 0.4) is 0 Å². The first kappa shape index (κ1) is 16.3. The average molecular weight is 394 g/mol. The van der Waals surface area contributed by atoms with Crippen molar-refractivity contribution in [3.63, 3.8) is 0 Å². The predicted molar refractivity (Wildman–Crippen MR) is 91.6 cm³/mol. The van der Waals surface area contributed by atoms with Gasteiger partial charge in [-0.2, -0.15) is 0 Å². The fourth-order valence-corrected chi connectivity index (χ4v) is 2.81. The Morgan fingerprint density at radius 1 is 1.30 bits per heavy atom. The van der Waals surface area contributed by atoms with E-state index in [0.29, 0.717) is 5.96 Å². The molecule has 0 amide bonds. The number of guanidine groups is 1. The Labute approximate surface area is 138 Å². The summed E-state index contributed by atoms with van der Waals surface area (Å²) in [7, 11) is 0. The molecule has 1 aliphatic heterocycles. The molecule has 2 aliphatic carbocycles. The van der Waals surface area contributed by atoms with Gasteiger partial charge in [0.1, 0.15) is 0 Å². The number of halogens is 1. The minimum atomic E-state index is 0. The Morgan fingerprint density at radius 2 is 2.10 bits per heavy atom. The zero-order valence-electron chi connectivity index (χ0n) is 12.1. The van der Waals surface area contributed by atoms with Crippen molar-refractivity contribution >= 4 is 29.9 Å². The second-order valence-electron chi connectivity index (χ2n) is 6.12. The van der Waals surface area contributed by atoms with Crippen molar-refractivity contribution in [2.24, 2.45) is 16.6 Å². The van der Waals surface area contributed by atoms with Crippen LogP contribution >= 0.6 is 24.0 Å². The van der Waals surface area contributed by atoms with Gasteiger partial charge in [0, 0.05) is 32.2 Å². The minimum absolute atomic E-state index is 0. The summed E-state index contributed by atoms with van der Waals surface area (Å²) in [4.78, 5) is 6.96. The third-order valence-electron chi connectivity index (χ3n) is 4.49. The standard InChI is InChI=1S/C14H26N4O.HI/c15-14(16-8-11-2-1-3-11)17-9-13-10-18(6-7-19-13)12-4-5-12;/h11-13H,1-10H2,(H3,15,16,17);1H. The number of hydrogen-bond donors (Lipinski definition) is 2. The zero-order valence-corrected chi connectivity index (χ0v) is 14.4. The maximum atomic E-state index is 5.89. The van der Waals surface area contributed by atoms with Crippen molar-refractivity contribution in [3.8, 4) is 0 Å². The molecule has 3 N–H and O–H groups in total. The zero-order chi connectivity index (χ0) is 13.1. The van der Waals surface area contributed by atoms with E-state index in [4.69, 9.17) is 10.5 Å². The summed E-state index contributed by atoms with van der Waals surface area (Å²) in [5, 5.41) is 3.21. The van der Waals surface area contributed by atoms with E-state index in [1.165, 1.54) is 32.1 Å². The second kappa shape index (κ2) is 7.79. The first-order chi connectivity index (χ1) is 9.31. The lowest BCUT2D eigenvalue weighted by Crippen LogP contribution is -2.49. The van der Waals surface area contributed by atoms with E-state index in [2.05, 4.69) is 15.2 Å². The number of hydrogen-bond acceptors (Lipinski definition) is 3. The monoisotopic (exact) mass is 394 g/mol. The van der Waals surface area contributed by atoms with Crippen LogP contribution in [-0.2, 0) is 4.74 Å². The Morgan fingerprint density at radius 3 is 2.75 bits per heavy atom. The Balaban J connectivity index is 0.00000147. The van der Waals surface area contributed by atoms with Gasteiger partial charge < -0.3 is 15.8 Å². The number of nitrogens with two attached hydrogens (primary N) is 1. The Kier molecular flexibility index (Phi) is 6.35. The van der Waals surface area contributed by atoms with Crippen molar-refractivity contribution in [1.82, 2.24) is 10.2 Å². The molecule has 2 saturated carbocycles. The molecule has 1 heterocycles. The molecule has 0 aromatic heterocycles. The lowest BCUT2D eigenvalue weighted by Gasteiger charge is -2.33. The first-order valence-electron chi connectivity index (χ1n) is 7.70. The summed E-state index contributed by atoms with van der Waals surface area (Å²) in [6.07, 6.45) is 6.99. The average Bonchev–Trinajstić information content (AvgIpc) is 3.19. The molecule has 0 spiro atoms. The molecule has 0 aromatic carbocycles. The van der Waals surface area contributed by atoms with E-state index in [9.17, 15) is 0 Å². The molecule has 20 heavy (non-hydrogen) atoms. The maximum absolute atomic E-state index is 5.89. The molecular weight excluding hydrogens is 367 g/mol. The highest BCUT2D eigenvalue weighted by atomic mass is 127. The molecular formula is C14H27IN4O. The van der Waals surface area contributed by atoms with Crippen LogP contribution in [-0.4, -0.2) is 55.8 Å². The molecule has 3 rings (SSSR count). The highest BCUT2D eigenvalue weighted by molar-refractivity contribution is 14.0.